The number of unbranched alkanes of at least 4 members (excludes halogenated alkanes) is 33. The smallest absolute Gasteiger partial charge is 0.306 e. The molecule has 75 heavy (non-hydrogen) atoms. The van der Waals surface area contributed by atoms with Gasteiger partial charge in [0.1, 0.15) is 13.2 Å². The molecule has 0 amide bonds. The van der Waals surface area contributed by atoms with Crippen molar-refractivity contribution in [2.45, 2.75) is 322 Å². The van der Waals surface area contributed by atoms with Crippen molar-refractivity contribution < 1.29 is 28.6 Å². The maximum absolute atomic E-state index is 12.9. The summed E-state index contributed by atoms with van der Waals surface area (Å²) >= 11 is 0. The minimum Gasteiger partial charge on any atom is -0.462 e. The monoisotopic (exact) mass is 1040 g/mol. The second kappa shape index (κ2) is 63.1. The number of ether oxygens (including phenoxy) is 3. The third-order valence-corrected chi connectivity index (χ3v) is 13.9. The largest absolute Gasteiger partial charge is 0.462 e. The van der Waals surface area contributed by atoms with E-state index in [1.807, 2.05) is 6.08 Å². The average molecular weight is 1050 g/mol. The van der Waals surface area contributed by atoms with Crippen LogP contribution in [0.4, 0.5) is 0 Å². The van der Waals surface area contributed by atoms with Crippen LogP contribution < -0.4 is 0 Å². The Labute approximate surface area is 465 Å². The van der Waals surface area contributed by atoms with Gasteiger partial charge >= 0.3 is 17.9 Å². The lowest BCUT2D eigenvalue weighted by Crippen LogP contribution is -2.30. The van der Waals surface area contributed by atoms with Crippen molar-refractivity contribution in [1.29, 1.82) is 0 Å². The number of carbonyl (C=O) groups excluding carboxylic acids is 3. The first kappa shape index (κ1) is 71.6. The Morgan fingerprint density at radius 3 is 0.933 bits per heavy atom. The predicted octanol–water partition coefficient (Wildman–Crippen LogP) is 21.9. The van der Waals surface area contributed by atoms with Crippen LogP contribution in [0.5, 0.6) is 0 Å². The summed E-state index contributed by atoms with van der Waals surface area (Å²) in [6, 6.07) is 0. The molecule has 432 valence electrons. The molecule has 0 aliphatic rings. The Bertz CT molecular complexity index is 1430. The fourth-order valence-corrected chi connectivity index (χ4v) is 9.07. The van der Waals surface area contributed by atoms with Gasteiger partial charge in [-0.25, -0.2) is 0 Å². The highest BCUT2D eigenvalue weighted by Crippen LogP contribution is 2.16. The molecule has 0 spiro atoms. The number of hydrogen-bond acceptors (Lipinski definition) is 6. The summed E-state index contributed by atoms with van der Waals surface area (Å²) in [5.41, 5.74) is 0. The summed E-state index contributed by atoms with van der Waals surface area (Å²) in [7, 11) is 0. The molecular weight excluding hydrogens is 925 g/mol. The highest BCUT2D eigenvalue weighted by Gasteiger charge is 2.19. The van der Waals surface area contributed by atoms with Crippen molar-refractivity contribution in [3.63, 3.8) is 0 Å². The SMILES string of the molecule is CC/C=C\C/C=C\C/C=C\C/C=C\CCC(=O)OCC(COC(=O)CCCCCCCCCCCCCCC/C=C\CCCCCCCCCC)OC(=O)CCCCCCCCCCC/C=C\C/C=C\CCCCC. The van der Waals surface area contributed by atoms with E-state index in [9.17, 15) is 14.4 Å². The van der Waals surface area contributed by atoms with Gasteiger partial charge in [-0.1, -0.05) is 279 Å². The molecule has 1 unspecified atom stereocenters. The first-order valence-electron chi connectivity index (χ1n) is 32.1. The number of esters is 3. The lowest BCUT2D eigenvalue weighted by atomic mass is 10.0. The highest BCUT2D eigenvalue weighted by molar-refractivity contribution is 5.71. The molecule has 0 saturated carbocycles. The average Bonchev–Trinajstić information content (AvgIpc) is 3.41. The van der Waals surface area contributed by atoms with Gasteiger partial charge in [0.2, 0.25) is 0 Å². The third-order valence-electron chi connectivity index (χ3n) is 13.9. The van der Waals surface area contributed by atoms with Gasteiger partial charge in [0.05, 0.1) is 0 Å². The van der Waals surface area contributed by atoms with Crippen molar-refractivity contribution in [3.05, 3.63) is 85.1 Å². The molecule has 6 nitrogen and oxygen atoms in total. The number of carbonyl (C=O) groups is 3. The quantitative estimate of drug-likeness (QED) is 0.0261. The molecule has 0 aromatic rings. The molecule has 0 fully saturated rings. The van der Waals surface area contributed by atoms with Crippen molar-refractivity contribution in [1.82, 2.24) is 0 Å². The van der Waals surface area contributed by atoms with E-state index >= 15 is 0 Å². The normalized spacial score (nSPS) is 12.6. The molecule has 0 aliphatic carbocycles. The van der Waals surface area contributed by atoms with Crippen LogP contribution in [0.2, 0.25) is 0 Å². The molecule has 0 aromatic carbocycles. The van der Waals surface area contributed by atoms with Crippen LogP contribution in [0.1, 0.15) is 316 Å². The molecule has 0 saturated heterocycles. The Hall–Kier alpha value is -3.41. The van der Waals surface area contributed by atoms with E-state index in [0.717, 1.165) is 70.6 Å². The molecule has 0 bridgehead atoms. The van der Waals surface area contributed by atoms with Crippen molar-refractivity contribution in [2.24, 2.45) is 0 Å². The minimum atomic E-state index is -0.808. The minimum absolute atomic E-state index is 0.0989. The lowest BCUT2D eigenvalue weighted by Gasteiger charge is -2.18. The zero-order valence-electron chi connectivity index (χ0n) is 49.6. The molecule has 0 aliphatic heterocycles. The molecular formula is C69H120O6. The summed E-state index contributed by atoms with van der Waals surface area (Å²) in [5, 5.41) is 0. The van der Waals surface area contributed by atoms with Gasteiger partial charge in [-0.2, -0.15) is 0 Å². The maximum Gasteiger partial charge on any atom is 0.306 e. The fraction of sp³-hybridized carbons (Fsp3) is 0.754. The lowest BCUT2D eigenvalue weighted by molar-refractivity contribution is -0.166. The molecule has 0 heterocycles. The van der Waals surface area contributed by atoms with Gasteiger partial charge in [-0.05, 0) is 103 Å². The Balaban J connectivity index is 4.32. The Morgan fingerprint density at radius 2 is 0.547 bits per heavy atom. The van der Waals surface area contributed by atoms with Crippen molar-refractivity contribution >= 4 is 17.9 Å². The molecule has 0 rings (SSSR count). The van der Waals surface area contributed by atoms with Gasteiger partial charge < -0.3 is 14.2 Å². The summed E-state index contributed by atoms with van der Waals surface area (Å²) in [6.07, 6.45) is 83.3. The summed E-state index contributed by atoms with van der Waals surface area (Å²) < 4.78 is 16.8. The van der Waals surface area contributed by atoms with Gasteiger partial charge in [0.15, 0.2) is 6.10 Å². The van der Waals surface area contributed by atoms with Gasteiger partial charge in [0, 0.05) is 19.3 Å². The van der Waals surface area contributed by atoms with Gasteiger partial charge in [-0.15, -0.1) is 0 Å². The summed E-state index contributed by atoms with van der Waals surface area (Å²) in [5.74, 6) is -0.978. The Kier molecular flexibility index (Phi) is 60.3. The van der Waals surface area contributed by atoms with E-state index in [4.69, 9.17) is 14.2 Å². The van der Waals surface area contributed by atoms with E-state index < -0.39 is 6.10 Å². The van der Waals surface area contributed by atoms with E-state index in [2.05, 4.69) is 99.8 Å². The summed E-state index contributed by atoms with van der Waals surface area (Å²) in [6.45, 7) is 6.46. The van der Waals surface area contributed by atoms with E-state index in [1.54, 1.807) is 0 Å². The summed E-state index contributed by atoms with van der Waals surface area (Å²) in [4.78, 5) is 38.2. The topological polar surface area (TPSA) is 78.9 Å². The highest BCUT2D eigenvalue weighted by atomic mass is 16.6. The van der Waals surface area contributed by atoms with Crippen LogP contribution in [-0.4, -0.2) is 37.2 Å². The first-order valence-corrected chi connectivity index (χ1v) is 32.1. The fourth-order valence-electron chi connectivity index (χ4n) is 9.07. The molecule has 1 atom stereocenters. The van der Waals surface area contributed by atoms with Crippen molar-refractivity contribution in [2.75, 3.05) is 13.2 Å². The molecule has 0 aromatic heterocycles. The van der Waals surface area contributed by atoms with Crippen LogP contribution in [0.3, 0.4) is 0 Å². The van der Waals surface area contributed by atoms with Gasteiger partial charge in [-0.3, -0.25) is 14.4 Å². The van der Waals surface area contributed by atoms with E-state index in [1.165, 1.54) is 199 Å². The van der Waals surface area contributed by atoms with Crippen LogP contribution in [0.15, 0.2) is 85.1 Å². The van der Waals surface area contributed by atoms with Crippen molar-refractivity contribution in [3.8, 4) is 0 Å². The van der Waals surface area contributed by atoms with Crippen LogP contribution in [-0.2, 0) is 28.6 Å². The maximum atomic E-state index is 12.9. The van der Waals surface area contributed by atoms with E-state index in [0.29, 0.717) is 19.3 Å². The second-order valence-corrected chi connectivity index (χ2v) is 21.3. The van der Waals surface area contributed by atoms with Crippen LogP contribution in [0.25, 0.3) is 0 Å². The molecule has 0 N–H and O–H groups in total. The standard InChI is InChI=1S/C69H120O6/c1-4-7-10-13-16-19-22-25-27-29-31-32-33-34-35-36-38-39-41-44-47-50-53-56-59-62-68(71)74-65-66(64-73-67(70)61-58-55-52-49-46-43-24-21-18-15-12-9-6-3)75-69(72)63-60-57-54-51-48-45-42-40-37-30-28-26-23-20-17-14-11-8-5-2/h9,12,17-18,20-21,26,28-29,31,43,46,52,55,66H,4-8,10-11,13-16,19,22-25,27,30,32-42,44-45,47-51,53-54,56-65H2,1-3H3/b12-9-,20-17-,21-18-,28-26-,31-29-,46-43-,55-52-. The third kappa shape index (κ3) is 61.3. The van der Waals surface area contributed by atoms with E-state index in [-0.39, 0.29) is 37.5 Å². The first-order chi connectivity index (χ1) is 37.0. The predicted molar refractivity (Wildman–Crippen MR) is 325 cm³/mol. The zero-order chi connectivity index (χ0) is 54.3. The van der Waals surface area contributed by atoms with Gasteiger partial charge in [0.25, 0.3) is 0 Å². The van der Waals surface area contributed by atoms with Crippen LogP contribution in [0, 0.1) is 0 Å². The number of hydrogen-bond donors (Lipinski definition) is 0. The van der Waals surface area contributed by atoms with Crippen LogP contribution >= 0.6 is 0 Å². The number of rotatable bonds is 58. The number of allylic oxidation sites excluding steroid dienone is 14. The second-order valence-electron chi connectivity index (χ2n) is 21.3. The molecule has 0 radical (unpaired) electrons. The Morgan fingerprint density at radius 1 is 0.280 bits per heavy atom. The zero-order valence-corrected chi connectivity index (χ0v) is 49.6. The molecule has 6 heteroatoms.